The van der Waals surface area contributed by atoms with Gasteiger partial charge < -0.3 is 15.8 Å². The molecule has 2 atom stereocenters. The Morgan fingerprint density at radius 2 is 2.28 bits per heavy atom. The van der Waals surface area contributed by atoms with E-state index in [-0.39, 0.29) is 17.6 Å². The van der Waals surface area contributed by atoms with Crippen LogP contribution in [0.5, 0.6) is 0 Å². The van der Waals surface area contributed by atoms with E-state index in [1.54, 1.807) is 6.07 Å². The van der Waals surface area contributed by atoms with Crippen molar-refractivity contribution < 1.29 is 9.53 Å². The van der Waals surface area contributed by atoms with Gasteiger partial charge in [0.25, 0.3) is 5.91 Å². The molecule has 2 rings (SSSR count). The summed E-state index contributed by atoms with van der Waals surface area (Å²) in [5.74, 6) is -0.120. The van der Waals surface area contributed by atoms with Crippen LogP contribution in [-0.4, -0.2) is 24.2 Å². The summed E-state index contributed by atoms with van der Waals surface area (Å²) in [7, 11) is 0. The minimum absolute atomic E-state index is 0.0201. The van der Waals surface area contributed by atoms with Gasteiger partial charge in [-0.25, -0.2) is 0 Å². The number of anilines is 1. The Morgan fingerprint density at radius 1 is 1.56 bits per heavy atom. The third-order valence-electron chi connectivity index (χ3n) is 3.82. The maximum absolute atomic E-state index is 12.3. The maximum atomic E-state index is 12.3. The van der Waals surface area contributed by atoms with E-state index < -0.39 is 0 Å². The average Bonchev–Trinajstić information content (AvgIpc) is 2.58. The summed E-state index contributed by atoms with van der Waals surface area (Å²) in [6.07, 6.45) is 0.845. The number of aryl methyl sites for hydroxylation is 1. The molecule has 18 heavy (non-hydrogen) atoms. The summed E-state index contributed by atoms with van der Waals surface area (Å²) >= 11 is 0. The lowest BCUT2D eigenvalue weighted by Gasteiger charge is -2.29. The van der Waals surface area contributed by atoms with Crippen molar-refractivity contribution in [3.05, 3.63) is 29.3 Å². The minimum atomic E-state index is -0.314. The fraction of sp³-hybridized carbons (Fsp3) is 0.500. The van der Waals surface area contributed by atoms with E-state index in [4.69, 9.17) is 10.5 Å². The maximum Gasteiger partial charge on any atom is 0.254 e. The quantitative estimate of drug-likeness (QED) is 0.785. The number of rotatable bonds is 2. The Labute approximate surface area is 108 Å². The summed E-state index contributed by atoms with van der Waals surface area (Å²) < 4.78 is 5.52. The first-order valence-electron chi connectivity index (χ1n) is 6.23. The average molecular weight is 248 g/mol. The van der Waals surface area contributed by atoms with Gasteiger partial charge in [0.1, 0.15) is 0 Å². The molecule has 0 radical (unpaired) electrons. The molecule has 0 aliphatic carbocycles. The number of carbonyl (C=O) groups excluding carboxylic acids is 1. The van der Waals surface area contributed by atoms with Crippen LogP contribution in [0.25, 0.3) is 0 Å². The summed E-state index contributed by atoms with van der Waals surface area (Å²) in [5, 5.41) is 3.06. The largest absolute Gasteiger partial charge is 0.398 e. The Bertz CT molecular complexity index is 453. The Kier molecular flexibility index (Phi) is 3.30. The first-order chi connectivity index (χ1) is 8.44. The third-order valence-corrected chi connectivity index (χ3v) is 3.82. The Morgan fingerprint density at radius 3 is 2.83 bits per heavy atom. The molecule has 0 spiro atoms. The van der Waals surface area contributed by atoms with Gasteiger partial charge in [-0.2, -0.15) is 0 Å². The molecule has 1 heterocycles. The molecule has 98 valence electrons. The van der Waals surface area contributed by atoms with Gasteiger partial charge in [-0.3, -0.25) is 4.79 Å². The molecule has 4 nitrogen and oxygen atoms in total. The monoisotopic (exact) mass is 248 g/mol. The molecule has 1 aliphatic heterocycles. The number of nitrogen functional groups attached to an aromatic ring is 1. The second-order valence-corrected chi connectivity index (χ2v) is 5.17. The topological polar surface area (TPSA) is 64.4 Å². The van der Waals surface area contributed by atoms with Gasteiger partial charge in [0.05, 0.1) is 17.2 Å². The molecule has 0 aromatic heterocycles. The molecule has 2 unspecified atom stereocenters. The number of carbonyl (C=O) groups is 1. The van der Waals surface area contributed by atoms with E-state index in [9.17, 15) is 4.79 Å². The number of hydrogen-bond acceptors (Lipinski definition) is 3. The van der Waals surface area contributed by atoms with Gasteiger partial charge in [0.2, 0.25) is 0 Å². The zero-order chi connectivity index (χ0) is 13.3. The molecule has 1 saturated heterocycles. The zero-order valence-electron chi connectivity index (χ0n) is 11.1. The molecular weight excluding hydrogens is 228 g/mol. The van der Waals surface area contributed by atoms with Crippen LogP contribution in [0.3, 0.4) is 0 Å². The lowest BCUT2D eigenvalue weighted by molar-refractivity contribution is 0.0727. The third kappa shape index (κ3) is 2.20. The van der Waals surface area contributed by atoms with Gasteiger partial charge in [0, 0.05) is 12.3 Å². The minimum Gasteiger partial charge on any atom is -0.398 e. The zero-order valence-corrected chi connectivity index (χ0v) is 11.1. The molecule has 4 heteroatoms. The predicted molar refractivity (Wildman–Crippen MR) is 71.5 cm³/mol. The number of ether oxygens (including phenoxy) is 1. The predicted octanol–water partition coefficient (Wildman–Crippen LogP) is 1.87. The molecule has 3 N–H and O–H groups in total. The van der Waals surface area contributed by atoms with Crippen LogP contribution >= 0.6 is 0 Å². The van der Waals surface area contributed by atoms with Crippen molar-refractivity contribution in [1.82, 2.24) is 5.32 Å². The summed E-state index contributed by atoms with van der Waals surface area (Å²) in [6.45, 7) is 6.56. The Balaban J connectivity index is 2.23. The SMILES string of the molecule is Cc1cccc(N)c1C(=O)NC1(C)CCOC1C. The van der Waals surface area contributed by atoms with Crippen molar-refractivity contribution in [3.63, 3.8) is 0 Å². The Hall–Kier alpha value is -1.55. The molecule has 1 aliphatic rings. The van der Waals surface area contributed by atoms with Gasteiger partial charge in [-0.05, 0) is 38.8 Å². The van der Waals surface area contributed by atoms with Gasteiger partial charge in [-0.1, -0.05) is 12.1 Å². The molecule has 1 amide bonds. The lowest BCUT2D eigenvalue weighted by Crippen LogP contribution is -2.50. The molecule has 0 bridgehead atoms. The molecular formula is C14H20N2O2. The highest BCUT2D eigenvalue weighted by Crippen LogP contribution is 2.26. The van der Waals surface area contributed by atoms with Crippen LogP contribution in [0, 0.1) is 6.92 Å². The fourth-order valence-electron chi connectivity index (χ4n) is 2.32. The normalized spacial score (nSPS) is 27.2. The second kappa shape index (κ2) is 4.61. The first-order valence-corrected chi connectivity index (χ1v) is 6.23. The van der Waals surface area contributed by atoms with Gasteiger partial charge in [0.15, 0.2) is 0 Å². The highest BCUT2D eigenvalue weighted by Gasteiger charge is 2.38. The van der Waals surface area contributed by atoms with Crippen LogP contribution in [0.4, 0.5) is 5.69 Å². The van der Waals surface area contributed by atoms with Crippen LogP contribution in [0.15, 0.2) is 18.2 Å². The van der Waals surface area contributed by atoms with Crippen molar-refractivity contribution in [3.8, 4) is 0 Å². The molecule has 1 aromatic rings. The molecule has 1 aromatic carbocycles. The number of amides is 1. The van der Waals surface area contributed by atoms with E-state index in [1.165, 1.54) is 0 Å². The smallest absolute Gasteiger partial charge is 0.254 e. The standard InChI is InChI=1S/C14H20N2O2/c1-9-5-4-6-11(15)12(9)13(17)16-14(3)7-8-18-10(14)2/h4-6,10H,7-8,15H2,1-3H3,(H,16,17). The molecule has 0 saturated carbocycles. The van der Waals surface area contributed by atoms with E-state index in [0.29, 0.717) is 17.9 Å². The van der Waals surface area contributed by atoms with Crippen molar-refractivity contribution in [2.24, 2.45) is 0 Å². The summed E-state index contributed by atoms with van der Waals surface area (Å²) in [5.41, 5.74) is 7.54. The fourth-order valence-corrected chi connectivity index (χ4v) is 2.32. The highest BCUT2D eigenvalue weighted by atomic mass is 16.5. The first kappa shape index (κ1) is 12.9. The molecule has 1 fully saturated rings. The van der Waals surface area contributed by atoms with E-state index in [1.807, 2.05) is 32.9 Å². The van der Waals surface area contributed by atoms with Gasteiger partial charge in [-0.15, -0.1) is 0 Å². The summed E-state index contributed by atoms with van der Waals surface area (Å²) in [4.78, 5) is 12.3. The van der Waals surface area contributed by atoms with Crippen LogP contribution in [0.2, 0.25) is 0 Å². The van der Waals surface area contributed by atoms with Crippen LogP contribution < -0.4 is 11.1 Å². The van der Waals surface area contributed by atoms with E-state index in [0.717, 1.165) is 12.0 Å². The van der Waals surface area contributed by atoms with Crippen molar-refractivity contribution >= 4 is 11.6 Å². The summed E-state index contributed by atoms with van der Waals surface area (Å²) in [6, 6.07) is 5.49. The van der Waals surface area contributed by atoms with Crippen LogP contribution in [0.1, 0.15) is 36.2 Å². The van der Waals surface area contributed by atoms with E-state index in [2.05, 4.69) is 5.32 Å². The number of benzene rings is 1. The highest BCUT2D eigenvalue weighted by molar-refractivity contribution is 6.01. The number of nitrogens with one attached hydrogen (secondary N) is 1. The lowest BCUT2D eigenvalue weighted by atomic mass is 9.93. The van der Waals surface area contributed by atoms with E-state index >= 15 is 0 Å². The number of hydrogen-bond donors (Lipinski definition) is 2. The second-order valence-electron chi connectivity index (χ2n) is 5.17. The van der Waals surface area contributed by atoms with Gasteiger partial charge >= 0.3 is 0 Å². The van der Waals surface area contributed by atoms with Crippen molar-refractivity contribution in [1.29, 1.82) is 0 Å². The van der Waals surface area contributed by atoms with Crippen molar-refractivity contribution in [2.45, 2.75) is 38.8 Å². The van der Waals surface area contributed by atoms with Crippen LogP contribution in [-0.2, 0) is 4.74 Å². The number of nitrogens with two attached hydrogens (primary N) is 1. The van der Waals surface area contributed by atoms with Crippen molar-refractivity contribution in [2.75, 3.05) is 12.3 Å².